The minimum absolute atomic E-state index is 0.0647. The summed E-state index contributed by atoms with van der Waals surface area (Å²) in [5, 5.41) is 25.7. The first-order valence-corrected chi connectivity index (χ1v) is 9.73. The molecule has 0 saturated carbocycles. The summed E-state index contributed by atoms with van der Waals surface area (Å²) in [6.45, 7) is 5.60. The number of nitrogens with zero attached hydrogens (tertiary/aromatic N) is 2. The van der Waals surface area contributed by atoms with Crippen LogP contribution in [0.5, 0.6) is 0 Å². The van der Waals surface area contributed by atoms with E-state index in [2.05, 4.69) is 5.32 Å². The number of rotatable bonds is 5. The van der Waals surface area contributed by atoms with Gasteiger partial charge in [-0.05, 0) is 31.9 Å². The lowest BCUT2D eigenvalue weighted by Gasteiger charge is -2.14. The number of hydrogen-bond donors (Lipinski definition) is 2. The zero-order chi connectivity index (χ0) is 21.8. The number of para-hydroxylation sites is 1. The maximum Gasteiger partial charge on any atom is 0.288 e. The van der Waals surface area contributed by atoms with E-state index in [9.17, 15) is 15.2 Å². The SMILES string of the molecule is Cc1ccc(/C(O)=C(/C(=S)Nc2c(C)cccc2C)[n+]2ccccc2)cc1[N+](=O)[O-]. The van der Waals surface area contributed by atoms with Crippen LogP contribution in [0.4, 0.5) is 11.4 Å². The Kier molecular flexibility index (Phi) is 6.23. The van der Waals surface area contributed by atoms with Gasteiger partial charge in [0.05, 0.1) is 4.92 Å². The first-order chi connectivity index (χ1) is 14.3. The Labute approximate surface area is 180 Å². The minimum Gasteiger partial charge on any atom is -0.502 e. The number of nitro benzene ring substituents is 1. The highest BCUT2D eigenvalue weighted by Crippen LogP contribution is 2.26. The third-order valence-electron chi connectivity index (χ3n) is 4.81. The fourth-order valence-electron chi connectivity index (χ4n) is 3.17. The molecule has 0 unspecified atom stereocenters. The highest BCUT2D eigenvalue weighted by Gasteiger charge is 2.25. The minimum atomic E-state index is -0.464. The summed E-state index contributed by atoms with van der Waals surface area (Å²) in [6.07, 6.45) is 3.51. The van der Waals surface area contributed by atoms with Gasteiger partial charge >= 0.3 is 0 Å². The highest BCUT2D eigenvalue weighted by atomic mass is 32.1. The van der Waals surface area contributed by atoms with Crippen molar-refractivity contribution in [2.24, 2.45) is 0 Å². The lowest BCUT2D eigenvalue weighted by molar-refractivity contribution is -0.575. The second-order valence-corrected chi connectivity index (χ2v) is 7.37. The van der Waals surface area contributed by atoms with Crippen molar-refractivity contribution in [2.45, 2.75) is 20.8 Å². The van der Waals surface area contributed by atoms with Crippen LogP contribution in [0.15, 0.2) is 67.0 Å². The summed E-state index contributed by atoms with van der Waals surface area (Å²) in [7, 11) is 0. The number of pyridine rings is 1. The smallest absolute Gasteiger partial charge is 0.288 e. The number of hydrogen-bond acceptors (Lipinski definition) is 4. The lowest BCUT2D eigenvalue weighted by atomic mass is 10.1. The third kappa shape index (κ3) is 4.36. The Morgan fingerprint density at radius 1 is 1.00 bits per heavy atom. The zero-order valence-electron chi connectivity index (χ0n) is 16.9. The van der Waals surface area contributed by atoms with Gasteiger partial charge in [-0.1, -0.05) is 48.6 Å². The fourth-order valence-corrected chi connectivity index (χ4v) is 3.47. The van der Waals surface area contributed by atoms with Crippen LogP contribution in [-0.2, 0) is 0 Å². The average molecular weight is 421 g/mol. The predicted octanol–water partition coefficient (Wildman–Crippen LogP) is 5.13. The van der Waals surface area contributed by atoms with E-state index in [1.54, 1.807) is 36.0 Å². The van der Waals surface area contributed by atoms with E-state index in [0.29, 0.717) is 21.8 Å². The molecular weight excluding hydrogens is 398 g/mol. The molecule has 0 aliphatic rings. The molecule has 6 nitrogen and oxygen atoms in total. The Morgan fingerprint density at radius 3 is 2.23 bits per heavy atom. The molecule has 0 aliphatic carbocycles. The van der Waals surface area contributed by atoms with Crippen molar-refractivity contribution in [3.8, 4) is 0 Å². The van der Waals surface area contributed by atoms with Gasteiger partial charge < -0.3 is 10.4 Å². The Balaban J connectivity index is 2.15. The molecule has 152 valence electrons. The van der Waals surface area contributed by atoms with Crippen molar-refractivity contribution in [1.29, 1.82) is 0 Å². The molecule has 0 radical (unpaired) electrons. The van der Waals surface area contributed by atoms with Crippen molar-refractivity contribution in [1.82, 2.24) is 0 Å². The van der Waals surface area contributed by atoms with Crippen molar-refractivity contribution in [3.63, 3.8) is 0 Å². The average Bonchev–Trinajstić information content (AvgIpc) is 2.72. The van der Waals surface area contributed by atoms with Gasteiger partial charge in [-0.15, -0.1) is 0 Å². The van der Waals surface area contributed by atoms with Crippen LogP contribution in [0.3, 0.4) is 0 Å². The molecular formula is C23H22N3O3S+. The maximum absolute atomic E-state index is 11.4. The van der Waals surface area contributed by atoms with E-state index < -0.39 is 4.92 Å². The van der Waals surface area contributed by atoms with Gasteiger partial charge in [0, 0.05) is 35.0 Å². The van der Waals surface area contributed by atoms with Crippen molar-refractivity contribution >= 4 is 40.0 Å². The van der Waals surface area contributed by atoms with Crippen LogP contribution in [0, 0.1) is 30.9 Å². The van der Waals surface area contributed by atoms with Crippen LogP contribution in [-0.4, -0.2) is 15.0 Å². The second-order valence-electron chi connectivity index (χ2n) is 6.96. The van der Waals surface area contributed by atoms with Crippen molar-refractivity contribution in [2.75, 3.05) is 5.32 Å². The summed E-state index contributed by atoms with van der Waals surface area (Å²) in [5.74, 6) is -0.155. The molecule has 0 saturated heterocycles. The number of aliphatic hydroxyl groups is 1. The number of aliphatic hydroxyl groups excluding tert-OH is 1. The summed E-state index contributed by atoms with van der Waals surface area (Å²) in [5.41, 5.74) is 3.97. The van der Waals surface area contributed by atoms with Gasteiger partial charge in [-0.2, -0.15) is 4.57 Å². The molecule has 0 fully saturated rings. The third-order valence-corrected chi connectivity index (χ3v) is 5.11. The molecule has 30 heavy (non-hydrogen) atoms. The number of thiocarbonyl (C=S) groups is 1. The maximum atomic E-state index is 11.4. The highest BCUT2D eigenvalue weighted by molar-refractivity contribution is 7.81. The summed E-state index contributed by atoms with van der Waals surface area (Å²) in [6, 6.07) is 16.0. The van der Waals surface area contributed by atoms with E-state index in [1.807, 2.05) is 50.2 Å². The summed E-state index contributed by atoms with van der Waals surface area (Å²) in [4.78, 5) is 11.2. The second kappa shape index (κ2) is 8.84. The van der Waals surface area contributed by atoms with E-state index in [-0.39, 0.29) is 11.4 Å². The first kappa shape index (κ1) is 21.1. The molecule has 2 N–H and O–H groups in total. The van der Waals surface area contributed by atoms with Gasteiger partial charge in [0.1, 0.15) is 0 Å². The Bertz CT molecular complexity index is 1140. The van der Waals surface area contributed by atoms with E-state index in [4.69, 9.17) is 12.2 Å². The van der Waals surface area contributed by atoms with E-state index in [0.717, 1.165) is 16.8 Å². The van der Waals surface area contributed by atoms with Gasteiger partial charge in [0.15, 0.2) is 23.1 Å². The van der Waals surface area contributed by atoms with Gasteiger partial charge in [-0.25, -0.2) is 0 Å². The van der Waals surface area contributed by atoms with E-state index in [1.165, 1.54) is 6.07 Å². The molecule has 0 amide bonds. The molecule has 3 aromatic rings. The molecule has 7 heteroatoms. The quantitative estimate of drug-likeness (QED) is 0.149. The van der Waals surface area contributed by atoms with E-state index >= 15 is 0 Å². The van der Waals surface area contributed by atoms with Crippen LogP contribution < -0.4 is 9.88 Å². The number of aryl methyl sites for hydroxylation is 3. The van der Waals surface area contributed by atoms with Gasteiger partial charge in [0.25, 0.3) is 11.4 Å². The van der Waals surface area contributed by atoms with Crippen LogP contribution in [0.2, 0.25) is 0 Å². The van der Waals surface area contributed by atoms with Crippen molar-refractivity contribution < 1.29 is 14.6 Å². The molecule has 3 rings (SSSR count). The van der Waals surface area contributed by atoms with Gasteiger partial charge in [-0.3, -0.25) is 10.1 Å². The Morgan fingerprint density at radius 2 is 1.63 bits per heavy atom. The molecule has 0 aliphatic heterocycles. The molecule has 2 aromatic carbocycles. The molecule has 1 aromatic heterocycles. The topological polar surface area (TPSA) is 79.3 Å². The number of aromatic nitrogens is 1. The summed E-state index contributed by atoms with van der Waals surface area (Å²) < 4.78 is 1.68. The fraction of sp³-hybridized carbons (Fsp3) is 0.130. The van der Waals surface area contributed by atoms with Crippen LogP contribution in [0.1, 0.15) is 22.3 Å². The van der Waals surface area contributed by atoms with Crippen LogP contribution >= 0.6 is 12.2 Å². The van der Waals surface area contributed by atoms with Gasteiger partial charge in [0.2, 0.25) is 0 Å². The zero-order valence-corrected chi connectivity index (χ0v) is 17.7. The molecule has 0 spiro atoms. The standard InChI is InChI=1S/C23H21N3O3S/c1-15-10-11-18(14-19(15)26(28)29)22(27)21(25-12-5-4-6-13-25)23(30)24-20-16(2)8-7-9-17(20)3/h4-14H,1-3H3,(H-,24,27,30)/p+1. The number of nitro groups is 1. The monoisotopic (exact) mass is 420 g/mol. The molecule has 1 heterocycles. The Hall–Kier alpha value is -3.58. The lowest BCUT2D eigenvalue weighted by Crippen LogP contribution is -2.38. The number of nitrogens with one attached hydrogen (secondary N) is 1. The van der Waals surface area contributed by atoms with Crippen LogP contribution in [0.25, 0.3) is 11.5 Å². The molecule has 0 atom stereocenters. The normalized spacial score (nSPS) is 11.6. The first-order valence-electron chi connectivity index (χ1n) is 9.32. The largest absolute Gasteiger partial charge is 0.502 e. The number of anilines is 1. The van der Waals surface area contributed by atoms with Crippen molar-refractivity contribution in [3.05, 3.63) is 99.4 Å². The predicted molar refractivity (Wildman–Crippen MR) is 122 cm³/mol. The summed E-state index contributed by atoms with van der Waals surface area (Å²) >= 11 is 5.66. The molecule has 0 bridgehead atoms. The number of benzene rings is 2.